The smallest absolute Gasteiger partial charge is 0.168 e. The van der Waals surface area contributed by atoms with Gasteiger partial charge in [0, 0.05) is 6.20 Å². The zero-order chi connectivity index (χ0) is 14.2. The van der Waals surface area contributed by atoms with E-state index in [1.54, 1.807) is 6.20 Å². The summed E-state index contributed by atoms with van der Waals surface area (Å²) in [6.07, 6.45) is 1.72. The minimum absolute atomic E-state index is 0.496. The zero-order valence-electron chi connectivity index (χ0n) is 11.5. The Morgan fingerprint density at radius 3 is 2.70 bits per heavy atom. The molecule has 1 aromatic heterocycles. The number of aromatic nitrogens is 1. The first kappa shape index (κ1) is 14.0. The summed E-state index contributed by atoms with van der Waals surface area (Å²) >= 11 is 0. The normalized spacial score (nSPS) is 10.1. The van der Waals surface area contributed by atoms with E-state index in [1.165, 1.54) is 0 Å². The van der Waals surface area contributed by atoms with Gasteiger partial charge in [-0.2, -0.15) is 0 Å². The highest BCUT2D eigenvalue weighted by Gasteiger charge is 2.03. The molecule has 0 fully saturated rings. The number of hydrogen-bond donors (Lipinski definition) is 2. The molecule has 106 valence electrons. The van der Waals surface area contributed by atoms with Gasteiger partial charge in [0.05, 0.1) is 18.8 Å². The summed E-state index contributed by atoms with van der Waals surface area (Å²) in [5.41, 5.74) is 6.44. The Morgan fingerprint density at radius 2 is 1.90 bits per heavy atom. The molecule has 3 N–H and O–H groups in total. The van der Waals surface area contributed by atoms with Crippen LogP contribution in [0.4, 0.5) is 11.5 Å². The number of nitrogen functional groups attached to an aromatic ring is 1. The molecule has 0 radical (unpaired) electrons. The van der Waals surface area contributed by atoms with E-state index in [0.717, 1.165) is 11.6 Å². The van der Waals surface area contributed by atoms with Crippen LogP contribution in [-0.2, 0) is 0 Å². The summed E-state index contributed by atoms with van der Waals surface area (Å²) in [4.78, 5) is 4.24. The van der Waals surface area contributed by atoms with E-state index in [9.17, 15) is 0 Å². The van der Waals surface area contributed by atoms with Crippen molar-refractivity contribution in [1.82, 2.24) is 4.98 Å². The van der Waals surface area contributed by atoms with Crippen molar-refractivity contribution in [3.05, 3.63) is 42.6 Å². The van der Waals surface area contributed by atoms with Gasteiger partial charge in [-0.25, -0.2) is 4.98 Å². The van der Waals surface area contributed by atoms with Crippen molar-refractivity contribution in [2.24, 2.45) is 0 Å². The molecule has 0 amide bonds. The molecule has 0 atom stereocenters. The minimum Gasteiger partial charge on any atom is -0.490 e. The topological polar surface area (TPSA) is 69.4 Å². The van der Waals surface area contributed by atoms with Crippen molar-refractivity contribution < 1.29 is 9.47 Å². The number of anilines is 2. The largest absolute Gasteiger partial charge is 0.490 e. The first-order valence-corrected chi connectivity index (χ1v) is 6.60. The molecular formula is C15H19N3O2. The predicted molar refractivity (Wildman–Crippen MR) is 80.2 cm³/mol. The fraction of sp³-hybridized carbons (Fsp3) is 0.267. The zero-order valence-corrected chi connectivity index (χ0v) is 11.5. The number of para-hydroxylation sites is 2. The molecular weight excluding hydrogens is 254 g/mol. The lowest BCUT2D eigenvalue weighted by atomic mass is 10.3. The lowest BCUT2D eigenvalue weighted by Crippen LogP contribution is -2.13. The van der Waals surface area contributed by atoms with Crippen LogP contribution in [0.1, 0.15) is 6.92 Å². The van der Waals surface area contributed by atoms with Gasteiger partial charge in [0.1, 0.15) is 12.4 Å². The van der Waals surface area contributed by atoms with E-state index in [2.05, 4.69) is 10.3 Å². The van der Waals surface area contributed by atoms with Crippen LogP contribution in [0.15, 0.2) is 42.6 Å². The molecule has 0 unspecified atom stereocenters. The Bertz CT molecular complexity index is 546. The van der Waals surface area contributed by atoms with Crippen LogP contribution in [0.2, 0.25) is 0 Å². The van der Waals surface area contributed by atoms with Crippen LogP contribution < -0.4 is 20.5 Å². The van der Waals surface area contributed by atoms with E-state index < -0.39 is 0 Å². The molecule has 0 saturated heterocycles. The Labute approximate surface area is 118 Å². The molecule has 5 nitrogen and oxygen atoms in total. The summed E-state index contributed by atoms with van der Waals surface area (Å²) < 4.78 is 11.1. The second kappa shape index (κ2) is 7.23. The van der Waals surface area contributed by atoms with Gasteiger partial charge in [0.2, 0.25) is 0 Å². The third-order valence-corrected chi connectivity index (χ3v) is 2.64. The van der Waals surface area contributed by atoms with Crippen molar-refractivity contribution in [1.29, 1.82) is 0 Å². The van der Waals surface area contributed by atoms with E-state index in [-0.39, 0.29) is 0 Å². The highest BCUT2D eigenvalue weighted by molar-refractivity contribution is 5.52. The SMILES string of the molecule is CCOc1cccnc1NCCOc1ccccc1N. The van der Waals surface area contributed by atoms with Crippen LogP contribution in [0, 0.1) is 0 Å². The number of nitrogens with two attached hydrogens (primary N) is 1. The third kappa shape index (κ3) is 3.78. The molecule has 20 heavy (non-hydrogen) atoms. The van der Waals surface area contributed by atoms with Crippen molar-refractivity contribution in [2.75, 3.05) is 30.8 Å². The lowest BCUT2D eigenvalue weighted by Gasteiger charge is -2.12. The standard InChI is InChI=1S/C15H19N3O2/c1-2-19-14-8-5-9-17-15(14)18-10-11-20-13-7-4-3-6-12(13)16/h3-9H,2,10-11,16H2,1H3,(H,17,18). The Kier molecular flexibility index (Phi) is 5.06. The summed E-state index contributed by atoms with van der Waals surface area (Å²) in [5, 5.41) is 3.19. The van der Waals surface area contributed by atoms with Crippen LogP contribution >= 0.6 is 0 Å². The number of pyridine rings is 1. The van der Waals surface area contributed by atoms with Crippen molar-refractivity contribution in [3.8, 4) is 11.5 Å². The van der Waals surface area contributed by atoms with Crippen molar-refractivity contribution in [2.45, 2.75) is 6.92 Å². The number of nitrogens with zero attached hydrogens (tertiary/aromatic N) is 1. The molecule has 1 aromatic carbocycles. The van der Waals surface area contributed by atoms with Crippen LogP contribution in [0.25, 0.3) is 0 Å². The molecule has 0 aliphatic heterocycles. The van der Waals surface area contributed by atoms with Crippen LogP contribution in [0.5, 0.6) is 11.5 Å². The highest BCUT2D eigenvalue weighted by atomic mass is 16.5. The molecule has 0 spiro atoms. The van der Waals surface area contributed by atoms with Crippen molar-refractivity contribution >= 4 is 11.5 Å². The van der Waals surface area contributed by atoms with E-state index >= 15 is 0 Å². The molecule has 2 aromatic rings. The molecule has 1 heterocycles. The monoisotopic (exact) mass is 273 g/mol. The van der Waals surface area contributed by atoms with Gasteiger partial charge in [-0.3, -0.25) is 0 Å². The molecule has 0 aliphatic carbocycles. The molecule has 0 bridgehead atoms. The van der Waals surface area contributed by atoms with E-state index in [0.29, 0.717) is 31.2 Å². The average molecular weight is 273 g/mol. The average Bonchev–Trinajstić information content (AvgIpc) is 2.47. The van der Waals surface area contributed by atoms with Crippen LogP contribution in [-0.4, -0.2) is 24.7 Å². The van der Waals surface area contributed by atoms with Crippen molar-refractivity contribution in [3.63, 3.8) is 0 Å². The summed E-state index contributed by atoms with van der Waals surface area (Å²) in [7, 11) is 0. The summed E-state index contributed by atoms with van der Waals surface area (Å²) in [5.74, 6) is 2.16. The minimum atomic E-state index is 0.496. The van der Waals surface area contributed by atoms with Gasteiger partial charge < -0.3 is 20.5 Å². The third-order valence-electron chi connectivity index (χ3n) is 2.64. The maximum atomic E-state index is 5.80. The fourth-order valence-electron chi connectivity index (χ4n) is 1.74. The maximum Gasteiger partial charge on any atom is 0.168 e. The summed E-state index contributed by atoms with van der Waals surface area (Å²) in [6.45, 7) is 3.66. The molecule has 0 aliphatic rings. The van der Waals surface area contributed by atoms with E-state index in [1.807, 2.05) is 43.3 Å². The Morgan fingerprint density at radius 1 is 1.10 bits per heavy atom. The quantitative estimate of drug-likeness (QED) is 0.599. The van der Waals surface area contributed by atoms with Gasteiger partial charge >= 0.3 is 0 Å². The van der Waals surface area contributed by atoms with Gasteiger partial charge in [-0.1, -0.05) is 12.1 Å². The number of ether oxygens (including phenoxy) is 2. The first-order valence-electron chi connectivity index (χ1n) is 6.60. The lowest BCUT2D eigenvalue weighted by molar-refractivity contribution is 0.331. The molecule has 5 heteroatoms. The van der Waals surface area contributed by atoms with Gasteiger partial charge in [-0.05, 0) is 31.2 Å². The van der Waals surface area contributed by atoms with Gasteiger partial charge in [0.15, 0.2) is 11.6 Å². The Hall–Kier alpha value is -2.43. The van der Waals surface area contributed by atoms with Crippen LogP contribution in [0.3, 0.4) is 0 Å². The van der Waals surface area contributed by atoms with E-state index in [4.69, 9.17) is 15.2 Å². The Balaban J connectivity index is 1.83. The second-order valence-corrected chi connectivity index (χ2v) is 4.10. The molecule has 0 saturated carbocycles. The number of nitrogens with one attached hydrogen (secondary N) is 1. The highest BCUT2D eigenvalue weighted by Crippen LogP contribution is 2.21. The van der Waals surface area contributed by atoms with Gasteiger partial charge in [-0.15, -0.1) is 0 Å². The first-order chi connectivity index (χ1) is 9.81. The second-order valence-electron chi connectivity index (χ2n) is 4.10. The van der Waals surface area contributed by atoms with Gasteiger partial charge in [0.25, 0.3) is 0 Å². The number of rotatable bonds is 7. The fourth-order valence-corrected chi connectivity index (χ4v) is 1.74. The number of hydrogen-bond acceptors (Lipinski definition) is 5. The number of benzene rings is 1. The summed E-state index contributed by atoms with van der Waals surface area (Å²) in [6, 6.07) is 11.2. The predicted octanol–water partition coefficient (Wildman–Crippen LogP) is 2.55. The maximum absolute atomic E-state index is 5.80. The molecule has 2 rings (SSSR count).